The van der Waals surface area contributed by atoms with Gasteiger partial charge in [0.2, 0.25) is 0 Å². The summed E-state index contributed by atoms with van der Waals surface area (Å²) < 4.78 is 0. The second kappa shape index (κ2) is 8.94. The van der Waals surface area contributed by atoms with Crippen LogP contribution in [0.15, 0.2) is 29.3 Å². The number of carbonyl (C=O) groups is 1. The number of aryl methyl sites for hydroxylation is 1. The quantitative estimate of drug-likeness (QED) is 0.623. The number of anilines is 1. The predicted molar refractivity (Wildman–Crippen MR) is 129 cm³/mol. The topological polar surface area (TPSA) is 94.2 Å². The van der Waals surface area contributed by atoms with E-state index in [0.29, 0.717) is 12.1 Å². The number of nitrogens with one attached hydrogen (secondary N) is 2. The van der Waals surface area contributed by atoms with Gasteiger partial charge in [0.25, 0.3) is 11.5 Å². The second-order valence-electron chi connectivity index (χ2n) is 8.90. The lowest BCUT2D eigenvalue weighted by Gasteiger charge is -2.37. The molecule has 1 fully saturated rings. The number of aromatic nitrogens is 3. The van der Waals surface area contributed by atoms with E-state index in [-0.39, 0.29) is 11.5 Å². The molecule has 3 aromatic heterocycles. The van der Waals surface area contributed by atoms with Gasteiger partial charge < -0.3 is 15.2 Å². The van der Waals surface area contributed by atoms with Crippen LogP contribution in [0.2, 0.25) is 0 Å². The number of amides is 1. The van der Waals surface area contributed by atoms with Crippen LogP contribution in [0.4, 0.5) is 5.69 Å². The highest BCUT2D eigenvalue weighted by atomic mass is 16.1. The highest BCUT2D eigenvalue weighted by Gasteiger charge is 2.27. The van der Waals surface area contributed by atoms with Crippen LogP contribution in [0.5, 0.6) is 0 Å². The van der Waals surface area contributed by atoms with E-state index in [9.17, 15) is 9.59 Å². The summed E-state index contributed by atoms with van der Waals surface area (Å²) in [7, 11) is 1.66. The molecule has 0 aromatic carbocycles. The molecule has 4 heterocycles. The SMILES string of the molecule is CCc1cc2ncc(CN3CCN(c4cnc(C(=O)NC)c5c4CCC5)CC3)cc2[nH]c1=O. The van der Waals surface area contributed by atoms with E-state index in [1.165, 1.54) is 11.3 Å². The third-order valence-corrected chi connectivity index (χ3v) is 6.90. The maximum absolute atomic E-state index is 12.2. The molecule has 2 aliphatic rings. The Kier molecular flexibility index (Phi) is 5.85. The molecule has 0 spiro atoms. The summed E-state index contributed by atoms with van der Waals surface area (Å²) in [6, 6.07) is 3.93. The van der Waals surface area contributed by atoms with Crippen LogP contribution >= 0.6 is 0 Å². The third-order valence-electron chi connectivity index (χ3n) is 6.90. The zero-order valence-electron chi connectivity index (χ0n) is 19.3. The Morgan fingerprint density at radius 1 is 1.09 bits per heavy atom. The minimum atomic E-state index is -0.0965. The first kappa shape index (κ1) is 21.6. The van der Waals surface area contributed by atoms with Gasteiger partial charge in [0.1, 0.15) is 5.69 Å². The van der Waals surface area contributed by atoms with Gasteiger partial charge in [-0.2, -0.15) is 0 Å². The van der Waals surface area contributed by atoms with Crippen molar-refractivity contribution in [2.75, 3.05) is 38.1 Å². The molecule has 1 aliphatic heterocycles. The lowest BCUT2D eigenvalue weighted by Crippen LogP contribution is -2.46. The van der Waals surface area contributed by atoms with E-state index in [0.717, 1.165) is 79.7 Å². The molecule has 1 aliphatic carbocycles. The summed E-state index contributed by atoms with van der Waals surface area (Å²) in [5, 5.41) is 2.71. The molecule has 0 saturated carbocycles. The van der Waals surface area contributed by atoms with Crippen molar-refractivity contribution in [3.63, 3.8) is 0 Å². The molecular formula is C25H30N6O2. The first-order valence-corrected chi connectivity index (χ1v) is 11.8. The van der Waals surface area contributed by atoms with E-state index in [1.54, 1.807) is 7.05 Å². The van der Waals surface area contributed by atoms with Crippen molar-refractivity contribution in [3.05, 3.63) is 62.8 Å². The molecule has 0 bridgehead atoms. The predicted octanol–water partition coefficient (Wildman–Crippen LogP) is 2.05. The normalized spacial score (nSPS) is 16.2. The molecule has 33 heavy (non-hydrogen) atoms. The molecule has 0 atom stereocenters. The summed E-state index contributed by atoms with van der Waals surface area (Å²) in [4.78, 5) is 41.3. The fraction of sp³-hybridized carbons (Fsp3) is 0.440. The maximum Gasteiger partial charge on any atom is 0.269 e. The average Bonchev–Trinajstić information content (AvgIpc) is 3.33. The van der Waals surface area contributed by atoms with Gasteiger partial charge in [0, 0.05) is 51.5 Å². The van der Waals surface area contributed by atoms with Crippen LogP contribution in [0.25, 0.3) is 11.0 Å². The Balaban J connectivity index is 1.28. The van der Waals surface area contributed by atoms with Crippen molar-refractivity contribution in [2.24, 2.45) is 0 Å². The van der Waals surface area contributed by atoms with Gasteiger partial charge in [0.15, 0.2) is 0 Å². The van der Waals surface area contributed by atoms with E-state index in [1.807, 2.05) is 31.5 Å². The number of hydrogen-bond donors (Lipinski definition) is 2. The van der Waals surface area contributed by atoms with E-state index in [4.69, 9.17) is 0 Å². The number of pyridine rings is 3. The number of fused-ring (bicyclic) bond motifs is 2. The minimum absolute atomic E-state index is 0.0267. The van der Waals surface area contributed by atoms with Crippen LogP contribution in [-0.2, 0) is 25.8 Å². The molecule has 3 aromatic rings. The van der Waals surface area contributed by atoms with Crippen molar-refractivity contribution in [3.8, 4) is 0 Å². The Morgan fingerprint density at radius 2 is 1.88 bits per heavy atom. The lowest BCUT2D eigenvalue weighted by atomic mass is 10.1. The van der Waals surface area contributed by atoms with Gasteiger partial charge in [-0.1, -0.05) is 6.92 Å². The van der Waals surface area contributed by atoms with Crippen molar-refractivity contribution >= 4 is 22.6 Å². The van der Waals surface area contributed by atoms with Crippen LogP contribution in [-0.4, -0.2) is 59.0 Å². The first-order valence-electron chi connectivity index (χ1n) is 11.8. The second-order valence-corrected chi connectivity index (χ2v) is 8.90. The highest BCUT2D eigenvalue weighted by Crippen LogP contribution is 2.33. The minimum Gasteiger partial charge on any atom is -0.367 e. The Labute approximate surface area is 193 Å². The Morgan fingerprint density at radius 3 is 2.64 bits per heavy atom. The van der Waals surface area contributed by atoms with Gasteiger partial charge in [-0.05, 0) is 54.5 Å². The fourth-order valence-electron chi connectivity index (χ4n) is 5.08. The summed E-state index contributed by atoms with van der Waals surface area (Å²) >= 11 is 0. The number of carbonyl (C=O) groups excluding carboxylic acids is 1. The zero-order valence-corrected chi connectivity index (χ0v) is 19.3. The molecule has 0 radical (unpaired) electrons. The first-order chi connectivity index (χ1) is 16.1. The van der Waals surface area contributed by atoms with Gasteiger partial charge in [-0.25, -0.2) is 4.98 Å². The Bertz CT molecular complexity index is 1260. The number of aromatic amines is 1. The van der Waals surface area contributed by atoms with Gasteiger partial charge in [-0.3, -0.25) is 19.5 Å². The summed E-state index contributed by atoms with van der Waals surface area (Å²) in [5.41, 5.74) is 7.67. The molecular weight excluding hydrogens is 416 g/mol. The highest BCUT2D eigenvalue weighted by molar-refractivity contribution is 5.94. The van der Waals surface area contributed by atoms with E-state index < -0.39 is 0 Å². The van der Waals surface area contributed by atoms with Crippen molar-refractivity contribution in [1.29, 1.82) is 0 Å². The summed E-state index contributed by atoms with van der Waals surface area (Å²) in [6.45, 7) is 6.51. The molecule has 5 rings (SSSR count). The average molecular weight is 447 g/mol. The lowest BCUT2D eigenvalue weighted by molar-refractivity contribution is 0.0957. The summed E-state index contributed by atoms with van der Waals surface area (Å²) in [6.07, 6.45) is 7.52. The van der Waals surface area contributed by atoms with Crippen LogP contribution in [0, 0.1) is 0 Å². The number of rotatable bonds is 5. The molecule has 1 saturated heterocycles. The van der Waals surface area contributed by atoms with Gasteiger partial charge in [-0.15, -0.1) is 0 Å². The van der Waals surface area contributed by atoms with E-state index in [2.05, 4.69) is 30.1 Å². The maximum atomic E-state index is 12.2. The number of piperazine rings is 1. The fourth-order valence-corrected chi connectivity index (χ4v) is 5.08. The molecule has 2 N–H and O–H groups in total. The number of H-pyrrole nitrogens is 1. The molecule has 0 unspecified atom stereocenters. The van der Waals surface area contributed by atoms with Crippen LogP contribution < -0.4 is 15.8 Å². The molecule has 8 heteroatoms. The smallest absolute Gasteiger partial charge is 0.269 e. The molecule has 172 valence electrons. The van der Waals surface area contributed by atoms with Gasteiger partial charge in [0.05, 0.1) is 22.9 Å². The standard InChI is InChI=1S/C25H30N6O2/c1-3-17-12-20-21(29-24(17)32)11-16(13-27-20)15-30-7-9-31(10-8-30)22-14-28-23(25(33)26-2)19-6-4-5-18(19)22/h11-14H,3-10,15H2,1-2H3,(H,26,33)(H,29,32). The zero-order chi connectivity index (χ0) is 22.9. The Hall–Kier alpha value is -3.26. The van der Waals surface area contributed by atoms with Crippen LogP contribution in [0.3, 0.4) is 0 Å². The monoisotopic (exact) mass is 446 g/mol. The largest absolute Gasteiger partial charge is 0.367 e. The molecule has 1 amide bonds. The molecule has 8 nitrogen and oxygen atoms in total. The van der Waals surface area contributed by atoms with Crippen molar-refractivity contribution in [2.45, 2.75) is 39.2 Å². The number of nitrogens with zero attached hydrogens (tertiary/aromatic N) is 4. The van der Waals surface area contributed by atoms with E-state index >= 15 is 0 Å². The van der Waals surface area contributed by atoms with Gasteiger partial charge >= 0.3 is 0 Å². The van der Waals surface area contributed by atoms with Crippen molar-refractivity contribution in [1.82, 2.24) is 25.2 Å². The summed E-state index contributed by atoms with van der Waals surface area (Å²) in [5.74, 6) is -0.0965. The van der Waals surface area contributed by atoms with Crippen LogP contribution in [0.1, 0.15) is 46.1 Å². The van der Waals surface area contributed by atoms with Crippen molar-refractivity contribution < 1.29 is 4.79 Å². The number of hydrogen-bond acceptors (Lipinski definition) is 6. The third kappa shape index (κ3) is 4.11.